The molecule has 0 radical (unpaired) electrons. The number of nitrogens with zero attached hydrogens (tertiary/aromatic N) is 1. The molecule has 1 heterocycles. The van der Waals surface area contributed by atoms with Crippen LogP contribution in [-0.2, 0) is 16.1 Å². The Morgan fingerprint density at radius 2 is 2.33 bits per heavy atom. The quantitative estimate of drug-likeness (QED) is 0.864. The van der Waals surface area contributed by atoms with Gasteiger partial charge in [0.15, 0.2) is 0 Å². The number of hydrogen-bond donors (Lipinski definition) is 2. The minimum Gasteiger partial charge on any atom is -0.376 e. The first-order chi connectivity index (χ1) is 10.1. The highest BCUT2D eigenvalue weighted by Crippen LogP contribution is 2.15. The van der Waals surface area contributed by atoms with E-state index < -0.39 is 0 Å². The number of hydrogen-bond acceptors (Lipinski definition) is 4. The summed E-state index contributed by atoms with van der Waals surface area (Å²) in [5, 5.41) is 2.95. The first-order valence-corrected chi connectivity index (χ1v) is 7.57. The van der Waals surface area contributed by atoms with Crippen molar-refractivity contribution in [3.8, 4) is 0 Å². The average Bonchev–Trinajstić information content (AvgIpc) is 2.47. The molecule has 2 rings (SSSR count). The zero-order valence-electron chi connectivity index (χ0n) is 12.8. The summed E-state index contributed by atoms with van der Waals surface area (Å²) in [7, 11) is 0. The van der Waals surface area contributed by atoms with Gasteiger partial charge in [0, 0.05) is 24.8 Å². The molecular weight excluding hydrogens is 266 g/mol. The van der Waals surface area contributed by atoms with Crippen LogP contribution in [0.2, 0.25) is 0 Å². The highest BCUT2D eigenvalue weighted by molar-refractivity contribution is 5.92. The molecule has 0 spiro atoms. The van der Waals surface area contributed by atoms with Crippen LogP contribution in [0.25, 0.3) is 0 Å². The van der Waals surface area contributed by atoms with Crippen LogP contribution in [0, 0.1) is 0 Å². The molecule has 1 aromatic rings. The van der Waals surface area contributed by atoms with E-state index in [9.17, 15) is 4.79 Å². The summed E-state index contributed by atoms with van der Waals surface area (Å²) in [5.41, 5.74) is 7.43. The molecular formula is C16H25N3O2. The standard InChI is InChI=1S/C16H25N3O2/c1-3-15-11-21-12(2)9-19(15)10-16(20)18-14-6-4-5-13(7-14)8-17/h4-7,12,15H,3,8-11,17H2,1-2H3,(H,18,20). The SMILES string of the molecule is CCC1COC(C)CN1CC(=O)Nc1cccc(CN)c1. The van der Waals surface area contributed by atoms with Crippen LogP contribution >= 0.6 is 0 Å². The van der Waals surface area contributed by atoms with Crippen molar-refractivity contribution in [3.05, 3.63) is 29.8 Å². The van der Waals surface area contributed by atoms with Crippen LogP contribution in [0.15, 0.2) is 24.3 Å². The number of carbonyl (C=O) groups excluding carboxylic acids is 1. The van der Waals surface area contributed by atoms with E-state index in [1.165, 1.54) is 0 Å². The lowest BCUT2D eigenvalue weighted by Crippen LogP contribution is -2.51. The summed E-state index contributed by atoms with van der Waals surface area (Å²) >= 11 is 0. The van der Waals surface area contributed by atoms with Crippen LogP contribution in [0.3, 0.4) is 0 Å². The molecule has 0 aliphatic carbocycles. The predicted octanol–water partition coefficient (Wildman–Crippen LogP) is 1.58. The molecule has 2 unspecified atom stereocenters. The van der Waals surface area contributed by atoms with Crippen molar-refractivity contribution in [2.45, 2.75) is 39.0 Å². The van der Waals surface area contributed by atoms with Gasteiger partial charge in [0.25, 0.3) is 0 Å². The Hall–Kier alpha value is -1.43. The highest BCUT2D eigenvalue weighted by atomic mass is 16.5. The molecule has 1 saturated heterocycles. The van der Waals surface area contributed by atoms with E-state index >= 15 is 0 Å². The summed E-state index contributed by atoms with van der Waals surface area (Å²) in [6.45, 7) is 6.55. The lowest BCUT2D eigenvalue weighted by Gasteiger charge is -2.37. The van der Waals surface area contributed by atoms with Gasteiger partial charge in [0.05, 0.1) is 19.3 Å². The maximum atomic E-state index is 12.2. The Balaban J connectivity index is 1.93. The van der Waals surface area contributed by atoms with E-state index in [4.69, 9.17) is 10.5 Å². The number of carbonyl (C=O) groups is 1. The number of benzene rings is 1. The van der Waals surface area contributed by atoms with Gasteiger partial charge in [0.1, 0.15) is 0 Å². The van der Waals surface area contributed by atoms with E-state index in [1.54, 1.807) is 0 Å². The van der Waals surface area contributed by atoms with Gasteiger partial charge in [-0.25, -0.2) is 0 Å². The number of amides is 1. The lowest BCUT2D eigenvalue weighted by atomic mass is 10.1. The minimum atomic E-state index is 0.0109. The Labute approximate surface area is 126 Å². The first kappa shape index (κ1) is 15.9. The third kappa shape index (κ3) is 4.52. The van der Waals surface area contributed by atoms with Crippen molar-refractivity contribution in [3.63, 3.8) is 0 Å². The second-order valence-corrected chi connectivity index (χ2v) is 5.59. The van der Waals surface area contributed by atoms with Gasteiger partial charge in [-0.1, -0.05) is 19.1 Å². The van der Waals surface area contributed by atoms with Crippen LogP contribution < -0.4 is 11.1 Å². The van der Waals surface area contributed by atoms with Crippen LogP contribution in [0.4, 0.5) is 5.69 Å². The monoisotopic (exact) mass is 291 g/mol. The molecule has 2 atom stereocenters. The summed E-state index contributed by atoms with van der Waals surface area (Å²) in [5.74, 6) is 0.0109. The average molecular weight is 291 g/mol. The van der Waals surface area contributed by atoms with Gasteiger partial charge in [-0.15, -0.1) is 0 Å². The third-order valence-electron chi connectivity index (χ3n) is 3.85. The van der Waals surface area contributed by atoms with Crippen LogP contribution in [0.1, 0.15) is 25.8 Å². The number of rotatable bonds is 5. The summed E-state index contributed by atoms with van der Waals surface area (Å²) in [4.78, 5) is 14.4. The third-order valence-corrected chi connectivity index (χ3v) is 3.85. The van der Waals surface area contributed by atoms with Gasteiger partial charge in [0.2, 0.25) is 5.91 Å². The Morgan fingerprint density at radius 3 is 3.05 bits per heavy atom. The summed E-state index contributed by atoms with van der Waals surface area (Å²) in [6, 6.07) is 7.98. The molecule has 1 aromatic carbocycles. The number of morpholine rings is 1. The molecule has 116 valence electrons. The maximum absolute atomic E-state index is 12.2. The molecule has 1 aliphatic rings. The van der Waals surface area contributed by atoms with Crippen molar-refractivity contribution < 1.29 is 9.53 Å². The molecule has 0 saturated carbocycles. The lowest BCUT2D eigenvalue weighted by molar-refractivity contribution is -0.121. The van der Waals surface area contributed by atoms with E-state index in [0.29, 0.717) is 25.7 Å². The van der Waals surface area contributed by atoms with Crippen molar-refractivity contribution in [2.24, 2.45) is 5.73 Å². The number of nitrogens with two attached hydrogens (primary N) is 1. The Morgan fingerprint density at radius 1 is 1.52 bits per heavy atom. The topological polar surface area (TPSA) is 67.6 Å². The smallest absolute Gasteiger partial charge is 0.238 e. The van der Waals surface area contributed by atoms with Gasteiger partial charge < -0.3 is 15.8 Å². The highest BCUT2D eigenvalue weighted by Gasteiger charge is 2.26. The second-order valence-electron chi connectivity index (χ2n) is 5.59. The molecule has 3 N–H and O–H groups in total. The zero-order chi connectivity index (χ0) is 15.2. The minimum absolute atomic E-state index is 0.0109. The molecule has 1 fully saturated rings. The van der Waals surface area contributed by atoms with Gasteiger partial charge in [-0.05, 0) is 31.0 Å². The molecule has 21 heavy (non-hydrogen) atoms. The molecule has 0 bridgehead atoms. The van der Waals surface area contributed by atoms with E-state index in [0.717, 1.165) is 24.2 Å². The fourth-order valence-corrected chi connectivity index (χ4v) is 2.64. The number of anilines is 1. The van der Waals surface area contributed by atoms with Crippen LogP contribution in [-0.4, -0.2) is 42.6 Å². The van der Waals surface area contributed by atoms with Crippen molar-refractivity contribution >= 4 is 11.6 Å². The van der Waals surface area contributed by atoms with Crippen molar-refractivity contribution in [1.29, 1.82) is 0 Å². The van der Waals surface area contributed by atoms with E-state index in [2.05, 4.69) is 17.1 Å². The van der Waals surface area contributed by atoms with E-state index in [1.807, 2.05) is 31.2 Å². The van der Waals surface area contributed by atoms with Crippen LogP contribution in [0.5, 0.6) is 0 Å². The number of ether oxygens (including phenoxy) is 1. The fourth-order valence-electron chi connectivity index (χ4n) is 2.64. The van der Waals surface area contributed by atoms with E-state index in [-0.39, 0.29) is 12.0 Å². The summed E-state index contributed by atoms with van der Waals surface area (Å²) < 4.78 is 5.65. The van der Waals surface area contributed by atoms with Gasteiger partial charge in [-0.2, -0.15) is 0 Å². The van der Waals surface area contributed by atoms with Crippen molar-refractivity contribution in [1.82, 2.24) is 4.90 Å². The normalized spacial score (nSPS) is 23.0. The first-order valence-electron chi connectivity index (χ1n) is 7.57. The Bertz CT molecular complexity index is 478. The van der Waals surface area contributed by atoms with Crippen molar-refractivity contribution in [2.75, 3.05) is 25.0 Å². The van der Waals surface area contributed by atoms with Gasteiger partial charge in [-0.3, -0.25) is 9.69 Å². The maximum Gasteiger partial charge on any atom is 0.238 e. The van der Waals surface area contributed by atoms with Gasteiger partial charge >= 0.3 is 0 Å². The second kappa shape index (κ2) is 7.54. The molecule has 5 heteroatoms. The number of nitrogens with one attached hydrogen (secondary N) is 1. The summed E-state index contributed by atoms with van der Waals surface area (Å²) in [6.07, 6.45) is 1.17. The molecule has 0 aromatic heterocycles. The fraction of sp³-hybridized carbons (Fsp3) is 0.562. The molecule has 1 amide bonds. The largest absolute Gasteiger partial charge is 0.376 e. The molecule has 1 aliphatic heterocycles. The molecule has 5 nitrogen and oxygen atoms in total. The predicted molar refractivity (Wildman–Crippen MR) is 84.0 cm³/mol. The Kier molecular flexibility index (Phi) is 5.73. The zero-order valence-corrected chi connectivity index (χ0v) is 12.8.